The van der Waals surface area contributed by atoms with E-state index in [1.807, 2.05) is 13.0 Å². The summed E-state index contributed by atoms with van der Waals surface area (Å²) in [5.41, 5.74) is 2.97. The maximum Gasteiger partial charge on any atom is 0.272 e. The molecule has 25 heavy (non-hydrogen) atoms. The number of β-amino-alcohol motifs (C(OH)–C–C–N with tert-alkyl or cyclic N) is 1. The van der Waals surface area contributed by atoms with Crippen LogP contribution in [0.2, 0.25) is 0 Å². The molecule has 136 valence electrons. The van der Waals surface area contributed by atoms with Gasteiger partial charge in [0.2, 0.25) is 0 Å². The van der Waals surface area contributed by atoms with Gasteiger partial charge in [0.05, 0.1) is 12.6 Å². The Kier molecular flexibility index (Phi) is 6.52. The molecule has 1 aromatic rings. The van der Waals surface area contributed by atoms with E-state index in [0.29, 0.717) is 6.54 Å². The first-order valence-electron chi connectivity index (χ1n) is 8.48. The smallest absolute Gasteiger partial charge is 0.272 e. The van der Waals surface area contributed by atoms with Gasteiger partial charge in [-0.2, -0.15) is 5.10 Å². The van der Waals surface area contributed by atoms with Crippen LogP contribution in [0.1, 0.15) is 54.6 Å². The van der Waals surface area contributed by atoms with Crippen LogP contribution in [0.25, 0.3) is 0 Å². The van der Waals surface area contributed by atoms with Crippen LogP contribution in [0.5, 0.6) is 0 Å². The topological polar surface area (TPSA) is 96.2 Å². The number of amides is 2. The molecule has 2 rings (SSSR count). The normalized spacial score (nSPS) is 17.4. The predicted octanol–water partition coefficient (Wildman–Crippen LogP) is 1.41. The molecule has 3 N–H and O–H groups in total. The number of allylic oxidation sites excluding steroid dienone is 3. The minimum atomic E-state index is -0.715. The Morgan fingerprint density at radius 2 is 2.20 bits per heavy atom. The van der Waals surface area contributed by atoms with Gasteiger partial charge in [0, 0.05) is 19.2 Å². The van der Waals surface area contributed by atoms with E-state index in [4.69, 9.17) is 0 Å². The zero-order valence-electron chi connectivity index (χ0n) is 15.0. The largest absolute Gasteiger partial charge is 0.389 e. The Labute approximate surface area is 147 Å². The van der Waals surface area contributed by atoms with Crippen molar-refractivity contribution >= 4 is 11.8 Å². The van der Waals surface area contributed by atoms with Gasteiger partial charge in [-0.1, -0.05) is 23.3 Å². The molecule has 2 heterocycles. The summed E-state index contributed by atoms with van der Waals surface area (Å²) in [5, 5.41) is 19.2. The van der Waals surface area contributed by atoms with E-state index < -0.39 is 6.10 Å². The lowest BCUT2D eigenvalue weighted by Gasteiger charge is -2.06. The monoisotopic (exact) mass is 346 g/mol. The van der Waals surface area contributed by atoms with Gasteiger partial charge >= 0.3 is 0 Å². The number of hydrogen-bond acceptors (Lipinski definition) is 4. The molecular weight excluding hydrogens is 320 g/mol. The number of nitrogens with zero attached hydrogens (tertiary/aromatic N) is 2. The molecule has 0 aromatic carbocycles. The Hall–Kier alpha value is -2.41. The fourth-order valence-corrected chi connectivity index (χ4v) is 2.51. The fraction of sp³-hybridized carbons (Fsp3) is 0.500. The average molecular weight is 346 g/mol. The van der Waals surface area contributed by atoms with Crippen LogP contribution in [-0.2, 0) is 6.54 Å². The number of hydrogen-bond donors (Lipinski definition) is 3. The van der Waals surface area contributed by atoms with Crippen molar-refractivity contribution in [2.24, 2.45) is 0 Å². The zero-order valence-corrected chi connectivity index (χ0v) is 15.0. The second kappa shape index (κ2) is 8.62. The highest BCUT2D eigenvalue weighted by molar-refractivity contribution is 5.98. The highest BCUT2D eigenvalue weighted by Crippen LogP contribution is 2.09. The van der Waals surface area contributed by atoms with Gasteiger partial charge in [-0.3, -0.25) is 14.3 Å². The number of carbonyl (C=O) groups is 2. The summed E-state index contributed by atoms with van der Waals surface area (Å²) in [6.45, 7) is 6.97. The summed E-state index contributed by atoms with van der Waals surface area (Å²) >= 11 is 0. The molecule has 7 heteroatoms. The number of rotatable bonds is 6. The molecule has 1 aliphatic rings. The first kappa shape index (κ1) is 18.9. The van der Waals surface area contributed by atoms with E-state index in [1.165, 1.54) is 21.9 Å². The molecule has 0 bridgehead atoms. The van der Waals surface area contributed by atoms with Crippen molar-refractivity contribution in [3.8, 4) is 0 Å². The highest BCUT2D eigenvalue weighted by Gasteiger charge is 2.23. The van der Waals surface area contributed by atoms with Crippen molar-refractivity contribution < 1.29 is 14.7 Å². The van der Waals surface area contributed by atoms with Crippen LogP contribution in [0.4, 0.5) is 0 Å². The summed E-state index contributed by atoms with van der Waals surface area (Å²) in [5.74, 6) is -0.672. The van der Waals surface area contributed by atoms with Crippen molar-refractivity contribution in [2.45, 2.75) is 46.3 Å². The summed E-state index contributed by atoms with van der Waals surface area (Å²) in [6, 6.07) is 1.45. The van der Waals surface area contributed by atoms with Crippen LogP contribution in [0.3, 0.4) is 0 Å². The molecular formula is C18H26N4O3. The first-order chi connectivity index (χ1) is 11.9. The zero-order chi connectivity index (χ0) is 18.4. The molecule has 1 aromatic heterocycles. The number of carbonyl (C=O) groups excluding carboxylic acids is 2. The molecule has 1 atom stereocenters. The van der Waals surface area contributed by atoms with Crippen molar-refractivity contribution in [1.29, 1.82) is 0 Å². The van der Waals surface area contributed by atoms with Crippen molar-refractivity contribution in [3.63, 3.8) is 0 Å². The minimum Gasteiger partial charge on any atom is -0.389 e. The third-order valence-electron chi connectivity index (χ3n) is 3.93. The Morgan fingerprint density at radius 1 is 1.44 bits per heavy atom. The molecule has 0 aliphatic carbocycles. The lowest BCUT2D eigenvalue weighted by atomic mass is 10.1. The number of fused-ring (bicyclic) bond motifs is 1. The van der Waals surface area contributed by atoms with Crippen LogP contribution < -0.4 is 10.6 Å². The lowest BCUT2D eigenvalue weighted by Crippen LogP contribution is -2.30. The third kappa shape index (κ3) is 5.56. The number of aliphatic hydroxyl groups excluding tert-OH is 1. The first-order valence-corrected chi connectivity index (χ1v) is 8.48. The van der Waals surface area contributed by atoms with Crippen molar-refractivity contribution in [1.82, 2.24) is 20.4 Å². The van der Waals surface area contributed by atoms with Gasteiger partial charge in [-0.15, -0.1) is 0 Å². The maximum atomic E-state index is 12.2. The van der Waals surface area contributed by atoms with Gasteiger partial charge in [-0.05, 0) is 33.6 Å². The van der Waals surface area contributed by atoms with E-state index >= 15 is 0 Å². The predicted molar refractivity (Wildman–Crippen MR) is 95.3 cm³/mol. The summed E-state index contributed by atoms with van der Waals surface area (Å²) in [6.07, 6.45) is 5.40. The van der Waals surface area contributed by atoms with E-state index in [-0.39, 0.29) is 36.3 Å². The molecule has 0 saturated heterocycles. The number of nitrogens with one attached hydrogen (secondary N) is 2. The van der Waals surface area contributed by atoms with E-state index in [1.54, 1.807) is 0 Å². The molecule has 0 saturated carbocycles. The summed E-state index contributed by atoms with van der Waals surface area (Å²) in [7, 11) is 0. The molecule has 0 spiro atoms. The molecule has 1 unspecified atom stereocenters. The fourth-order valence-electron chi connectivity index (χ4n) is 2.51. The van der Waals surface area contributed by atoms with Gasteiger partial charge in [0.15, 0.2) is 5.69 Å². The van der Waals surface area contributed by atoms with E-state index in [2.05, 4.69) is 35.7 Å². The Bertz CT molecular complexity index is 699. The molecule has 0 fully saturated rings. The summed E-state index contributed by atoms with van der Waals surface area (Å²) in [4.78, 5) is 24.1. The number of aromatic nitrogens is 2. The van der Waals surface area contributed by atoms with Crippen LogP contribution in [0, 0.1) is 0 Å². The van der Waals surface area contributed by atoms with E-state index in [0.717, 1.165) is 12.8 Å². The Morgan fingerprint density at radius 3 is 2.92 bits per heavy atom. The van der Waals surface area contributed by atoms with Crippen molar-refractivity contribution in [2.75, 3.05) is 13.1 Å². The molecule has 1 aliphatic heterocycles. The maximum absolute atomic E-state index is 12.2. The third-order valence-corrected chi connectivity index (χ3v) is 3.93. The highest BCUT2D eigenvalue weighted by atomic mass is 16.3. The molecule has 7 nitrogen and oxygen atoms in total. The SMILES string of the molecule is CC(C)=CCCC(C)=CCNC(=O)c1cc2n(n1)CC(O)CNC2=O. The molecule has 2 amide bonds. The minimum absolute atomic E-state index is 0.176. The molecule has 0 radical (unpaired) electrons. The average Bonchev–Trinajstić information content (AvgIpc) is 2.90. The second-order valence-electron chi connectivity index (χ2n) is 6.54. The summed E-state index contributed by atoms with van der Waals surface area (Å²) < 4.78 is 1.38. The van der Waals surface area contributed by atoms with Gasteiger partial charge < -0.3 is 15.7 Å². The van der Waals surface area contributed by atoms with Crippen LogP contribution in [-0.4, -0.2) is 45.9 Å². The Balaban J connectivity index is 1.91. The van der Waals surface area contributed by atoms with Crippen LogP contribution >= 0.6 is 0 Å². The second-order valence-corrected chi connectivity index (χ2v) is 6.54. The lowest BCUT2D eigenvalue weighted by molar-refractivity contribution is 0.0931. The number of aliphatic hydroxyl groups is 1. The standard InChI is InChI=1S/C18H26N4O3/c1-12(2)5-4-6-13(3)7-8-19-17(24)15-9-16-18(25)20-10-14(23)11-22(16)21-15/h5,7,9,14,23H,4,6,8,10-11H2,1-3H3,(H,19,24)(H,20,25). The quantitative estimate of drug-likeness (QED) is 0.679. The van der Waals surface area contributed by atoms with Crippen molar-refractivity contribution in [3.05, 3.63) is 40.8 Å². The van der Waals surface area contributed by atoms with Gasteiger partial charge in [0.25, 0.3) is 11.8 Å². The van der Waals surface area contributed by atoms with Gasteiger partial charge in [-0.25, -0.2) is 0 Å². The van der Waals surface area contributed by atoms with Gasteiger partial charge in [0.1, 0.15) is 5.69 Å². The van der Waals surface area contributed by atoms with E-state index in [9.17, 15) is 14.7 Å². The van der Waals surface area contributed by atoms with Crippen LogP contribution in [0.15, 0.2) is 29.4 Å².